The van der Waals surface area contributed by atoms with Crippen molar-refractivity contribution in [3.8, 4) is 0 Å². The van der Waals surface area contributed by atoms with Gasteiger partial charge in [0.25, 0.3) is 5.91 Å². The second-order valence-corrected chi connectivity index (χ2v) is 4.37. The molecule has 20 heavy (non-hydrogen) atoms. The molecule has 0 aliphatic rings. The third kappa shape index (κ3) is 3.13. The number of rotatable bonds is 5. The average molecular weight is 270 g/mol. The van der Waals surface area contributed by atoms with Crippen LogP contribution in [0.5, 0.6) is 0 Å². The average Bonchev–Trinajstić information content (AvgIpc) is 2.53. The largest absolute Gasteiger partial charge is 0.334 e. The van der Waals surface area contributed by atoms with E-state index in [0.29, 0.717) is 24.3 Å². The third-order valence-electron chi connectivity index (χ3n) is 3.09. The van der Waals surface area contributed by atoms with Crippen molar-refractivity contribution < 1.29 is 4.79 Å². The minimum Gasteiger partial charge on any atom is -0.334 e. The summed E-state index contributed by atoms with van der Waals surface area (Å²) in [7, 11) is 0. The van der Waals surface area contributed by atoms with E-state index in [1.54, 1.807) is 17.2 Å². The summed E-state index contributed by atoms with van der Waals surface area (Å²) < 4.78 is 0. The van der Waals surface area contributed by atoms with E-state index in [1.165, 1.54) is 6.20 Å². The number of pyridine rings is 1. The lowest BCUT2D eigenvalue weighted by atomic mass is 10.1. The second kappa shape index (κ2) is 6.68. The highest BCUT2D eigenvalue weighted by Crippen LogP contribution is 2.16. The Hall–Kier alpha value is -2.40. The Morgan fingerprint density at radius 1 is 1.30 bits per heavy atom. The van der Waals surface area contributed by atoms with Crippen LogP contribution in [0.4, 0.5) is 5.69 Å². The first-order valence-electron chi connectivity index (χ1n) is 6.50. The van der Waals surface area contributed by atoms with E-state index in [0.717, 1.165) is 5.56 Å². The number of benzene rings is 1. The third-order valence-corrected chi connectivity index (χ3v) is 3.09. The lowest BCUT2D eigenvalue weighted by Crippen LogP contribution is -2.31. The predicted octanol–water partition coefficient (Wildman–Crippen LogP) is 2.03. The molecule has 5 nitrogen and oxygen atoms in total. The molecule has 0 bridgehead atoms. The van der Waals surface area contributed by atoms with Crippen molar-refractivity contribution in [2.75, 3.05) is 12.0 Å². The van der Waals surface area contributed by atoms with Crippen molar-refractivity contribution in [3.05, 3.63) is 59.9 Å². The first kappa shape index (κ1) is 14.0. The predicted molar refractivity (Wildman–Crippen MR) is 78.9 cm³/mol. The number of anilines is 1. The number of hydrogen-bond donors (Lipinski definition) is 2. The first-order chi connectivity index (χ1) is 9.76. The molecule has 0 atom stereocenters. The van der Waals surface area contributed by atoms with E-state index in [2.05, 4.69) is 10.4 Å². The Morgan fingerprint density at radius 2 is 2.05 bits per heavy atom. The second-order valence-electron chi connectivity index (χ2n) is 4.37. The quantitative estimate of drug-likeness (QED) is 0.644. The number of amides is 1. The molecule has 0 unspecified atom stereocenters. The molecule has 2 rings (SSSR count). The van der Waals surface area contributed by atoms with Crippen molar-refractivity contribution in [1.29, 1.82) is 0 Å². The summed E-state index contributed by atoms with van der Waals surface area (Å²) in [6.45, 7) is 3.13. The standard InChI is InChI=1S/C15H18N4O/c1-2-19(11-12-6-4-3-5-7-12)15(20)13-10-17-9-8-14(13)18-16/h3-10H,2,11,16H2,1H3,(H,17,18). The lowest BCUT2D eigenvalue weighted by molar-refractivity contribution is 0.0753. The van der Waals surface area contributed by atoms with Gasteiger partial charge in [0.05, 0.1) is 11.3 Å². The van der Waals surface area contributed by atoms with Crippen LogP contribution in [0.15, 0.2) is 48.8 Å². The summed E-state index contributed by atoms with van der Waals surface area (Å²) >= 11 is 0. The van der Waals surface area contributed by atoms with Crippen LogP contribution in [0.2, 0.25) is 0 Å². The molecule has 5 heteroatoms. The number of carbonyl (C=O) groups excluding carboxylic acids is 1. The Labute approximate surface area is 118 Å². The molecule has 1 aromatic heterocycles. The van der Waals surface area contributed by atoms with Crippen LogP contribution in [-0.2, 0) is 6.54 Å². The van der Waals surface area contributed by atoms with E-state index < -0.39 is 0 Å². The van der Waals surface area contributed by atoms with Gasteiger partial charge in [-0.2, -0.15) is 0 Å². The maximum atomic E-state index is 12.6. The first-order valence-corrected chi connectivity index (χ1v) is 6.50. The van der Waals surface area contributed by atoms with E-state index in [-0.39, 0.29) is 5.91 Å². The topological polar surface area (TPSA) is 71.2 Å². The number of carbonyl (C=O) groups is 1. The van der Waals surface area contributed by atoms with Crippen LogP contribution in [-0.4, -0.2) is 22.3 Å². The SMILES string of the molecule is CCN(Cc1ccccc1)C(=O)c1cnccc1NN. The van der Waals surface area contributed by atoms with Crippen molar-refractivity contribution in [2.24, 2.45) is 5.84 Å². The number of nitrogens with one attached hydrogen (secondary N) is 1. The van der Waals surface area contributed by atoms with Gasteiger partial charge in [-0.15, -0.1) is 0 Å². The fourth-order valence-corrected chi connectivity index (χ4v) is 1.99. The Bertz CT molecular complexity index is 571. The molecule has 104 valence electrons. The summed E-state index contributed by atoms with van der Waals surface area (Å²) in [4.78, 5) is 18.3. The molecule has 0 saturated carbocycles. The monoisotopic (exact) mass is 270 g/mol. The van der Waals surface area contributed by atoms with Gasteiger partial charge >= 0.3 is 0 Å². The van der Waals surface area contributed by atoms with Gasteiger partial charge in [-0.05, 0) is 18.6 Å². The minimum atomic E-state index is -0.0857. The summed E-state index contributed by atoms with van der Waals surface area (Å²) in [5.41, 5.74) is 4.68. The molecule has 1 amide bonds. The van der Waals surface area contributed by atoms with E-state index in [4.69, 9.17) is 5.84 Å². The smallest absolute Gasteiger partial charge is 0.257 e. The molecule has 1 heterocycles. The highest BCUT2D eigenvalue weighted by molar-refractivity contribution is 5.99. The fourth-order valence-electron chi connectivity index (χ4n) is 1.99. The van der Waals surface area contributed by atoms with Gasteiger partial charge < -0.3 is 10.3 Å². The van der Waals surface area contributed by atoms with Crippen LogP contribution >= 0.6 is 0 Å². The molecular weight excluding hydrogens is 252 g/mol. The van der Waals surface area contributed by atoms with Gasteiger partial charge in [-0.25, -0.2) is 0 Å². The van der Waals surface area contributed by atoms with Crippen LogP contribution < -0.4 is 11.3 Å². The van der Waals surface area contributed by atoms with E-state index in [9.17, 15) is 4.79 Å². The lowest BCUT2D eigenvalue weighted by Gasteiger charge is -2.22. The molecular formula is C15H18N4O. The summed E-state index contributed by atoms with van der Waals surface area (Å²) in [6.07, 6.45) is 3.13. The van der Waals surface area contributed by atoms with Crippen LogP contribution in [0.3, 0.4) is 0 Å². The van der Waals surface area contributed by atoms with Gasteiger partial charge in [-0.1, -0.05) is 30.3 Å². The molecule has 1 aromatic carbocycles. The van der Waals surface area contributed by atoms with Crippen molar-refractivity contribution in [3.63, 3.8) is 0 Å². The number of hydrazine groups is 1. The Kier molecular flexibility index (Phi) is 4.68. The summed E-state index contributed by atoms with van der Waals surface area (Å²) in [6, 6.07) is 11.6. The van der Waals surface area contributed by atoms with Crippen molar-refractivity contribution >= 4 is 11.6 Å². The van der Waals surface area contributed by atoms with Gasteiger partial charge in [0.2, 0.25) is 0 Å². The molecule has 0 spiro atoms. The van der Waals surface area contributed by atoms with E-state index in [1.807, 2.05) is 37.3 Å². The highest BCUT2D eigenvalue weighted by Gasteiger charge is 2.17. The van der Waals surface area contributed by atoms with E-state index >= 15 is 0 Å². The van der Waals surface area contributed by atoms with Crippen LogP contribution in [0.25, 0.3) is 0 Å². The molecule has 0 fully saturated rings. The number of nitrogens with zero attached hydrogens (tertiary/aromatic N) is 2. The number of aromatic nitrogens is 1. The minimum absolute atomic E-state index is 0.0857. The molecule has 2 aromatic rings. The number of nitrogen functional groups attached to an aromatic ring is 1. The van der Waals surface area contributed by atoms with Gasteiger partial charge in [0, 0.05) is 25.5 Å². The molecule has 0 saturated heterocycles. The highest BCUT2D eigenvalue weighted by atomic mass is 16.2. The van der Waals surface area contributed by atoms with Gasteiger partial charge in [0.15, 0.2) is 0 Å². The maximum Gasteiger partial charge on any atom is 0.257 e. The number of nitrogens with two attached hydrogens (primary N) is 1. The molecule has 0 radical (unpaired) electrons. The summed E-state index contributed by atoms with van der Waals surface area (Å²) in [5.74, 6) is 5.35. The Morgan fingerprint density at radius 3 is 2.70 bits per heavy atom. The maximum absolute atomic E-state index is 12.6. The fraction of sp³-hybridized carbons (Fsp3) is 0.200. The van der Waals surface area contributed by atoms with Crippen LogP contribution in [0, 0.1) is 0 Å². The molecule has 0 aliphatic carbocycles. The van der Waals surface area contributed by atoms with Gasteiger partial charge in [-0.3, -0.25) is 15.6 Å². The zero-order valence-corrected chi connectivity index (χ0v) is 11.4. The molecule has 3 N–H and O–H groups in total. The van der Waals surface area contributed by atoms with Crippen molar-refractivity contribution in [1.82, 2.24) is 9.88 Å². The van der Waals surface area contributed by atoms with Gasteiger partial charge in [0.1, 0.15) is 0 Å². The zero-order valence-electron chi connectivity index (χ0n) is 11.4. The zero-order chi connectivity index (χ0) is 14.4. The van der Waals surface area contributed by atoms with Crippen molar-refractivity contribution in [2.45, 2.75) is 13.5 Å². The number of hydrogen-bond acceptors (Lipinski definition) is 4. The Balaban J connectivity index is 2.21. The van der Waals surface area contributed by atoms with Crippen LogP contribution in [0.1, 0.15) is 22.8 Å². The molecule has 0 aliphatic heterocycles. The summed E-state index contributed by atoms with van der Waals surface area (Å²) in [5, 5.41) is 0. The normalized spacial score (nSPS) is 10.1.